The molecule has 1 aliphatic heterocycles. The van der Waals surface area contributed by atoms with Crippen molar-refractivity contribution in [3.05, 3.63) is 68.7 Å². The number of hydrazone groups is 1. The van der Waals surface area contributed by atoms with Crippen molar-refractivity contribution in [2.75, 3.05) is 0 Å². The lowest BCUT2D eigenvalue weighted by Gasteiger charge is -2.27. The van der Waals surface area contributed by atoms with Crippen molar-refractivity contribution >= 4 is 57.8 Å². The molecule has 0 saturated heterocycles. The molecule has 1 heterocycles. The van der Waals surface area contributed by atoms with Crippen molar-refractivity contribution in [1.82, 2.24) is 16.1 Å². The van der Waals surface area contributed by atoms with E-state index in [0.717, 1.165) is 41.1 Å². The van der Waals surface area contributed by atoms with Crippen LogP contribution in [0.15, 0.2) is 47.6 Å². The van der Waals surface area contributed by atoms with Crippen LogP contribution < -0.4 is 16.1 Å². The molecule has 2 atom stereocenters. The van der Waals surface area contributed by atoms with Gasteiger partial charge in [-0.15, -0.1) is 0 Å². The van der Waals surface area contributed by atoms with Gasteiger partial charge in [-0.1, -0.05) is 72.3 Å². The molecule has 2 aromatic rings. The highest BCUT2D eigenvalue weighted by molar-refractivity contribution is 7.80. The lowest BCUT2D eigenvalue weighted by Crippen LogP contribution is -2.45. The number of halogens is 3. The first-order valence-corrected chi connectivity index (χ1v) is 12.1. The van der Waals surface area contributed by atoms with Crippen molar-refractivity contribution in [3.63, 3.8) is 0 Å². The molecular weight excluding hydrogens is 471 g/mol. The fraction of sp³-hybridized carbons (Fsp3) is 0.391. The Hall–Kier alpha value is -1.53. The zero-order valence-corrected chi connectivity index (χ0v) is 20.1. The van der Waals surface area contributed by atoms with Gasteiger partial charge in [0.25, 0.3) is 0 Å². The molecule has 0 bridgehead atoms. The highest BCUT2D eigenvalue weighted by Gasteiger charge is 2.29. The average Bonchev–Trinajstić information content (AvgIpc) is 3.24. The van der Waals surface area contributed by atoms with Crippen LogP contribution in [0.2, 0.25) is 15.1 Å². The van der Waals surface area contributed by atoms with Crippen LogP contribution in [0.4, 0.5) is 0 Å². The lowest BCUT2D eigenvalue weighted by atomic mass is 9.95. The molecule has 1 saturated carbocycles. The molecule has 3 N–H and O–H groups in total. The van der Waals surface area contributed by atoms with Gasteiger partial charge in [0.15, 0.2) is 5.11 Å². The van der Waals surface area contributed by atoms with Gasteiger partial charge in [-0.25, -0.2) is 0 Å². The minimum Gasteiger partial charge on any atom is -0.360 e. The highest BCUT2D eigenvalue weighted by atomic mass is 35.5. The fourth-order valence-corrected chi connectivity index (χ4v) is 5.14. The van der Waals surface area contributed by atoms with Gasteiger partial charge >= 0.3 is 0 Å². The number of rotatable bonds is 5. The summed E-state index contributed by atoms with van der Waals surface area (Å²) in [6, 6.07) is 13.6. The van der Waals surface area contributed by atoms with Gasteiger partial charge in [0.05, 0.1) is 17.8 Å². The van der Waals surface area contributed by atoms with E-state index in [4.69, 9.17) is 47.0 Å². The molecule has 31 heavy (non-hydrogen) atoms. The van der Waals surface area contributed by atoms with Crippen LogP contribution in [0.1, 0.15) is 61.7 Å². The first-order chi connectivity index (χ1) is 15.0. The molecule has 1 fully saturated rings. The Morgan fingerprint density at radius 2 is 1.71 bits per heavy atom. The third-order valence-corrected chi connectivity index (χ3v) is 6.92. The van der Waals surface area contributed by atoms with Crippen LogP contribution in [-0.4, -0.2) is 16.9 Å². The van der Waals surface area contributed by atoms with Crippen LogP contribution in [0.3, 0.4) is 0 Å². The zero-order chi connectivity index (χ0) is 21.8. The van der Waals surface area contributed by atoms with E-state index in [9.17, 15) is 0 Å². The molecule has 1 aliphatic carbocycles. The molecule has 2 unspecified atom stereocenters. The summed E-state index contributed by atoms with van der Waals surface area (Å²) in [6.45, 7) is 0. The van der Waals surface area contributed by atoms with Crippen molar-refractivity contribution in [2.45, 2.75) is 56.7 Å². The van der Waals surface area contributed by atoms with Gasteiger partial charge in [0, 0.05) is 27.5 Å². The Labute approximate surface area is 203 Å². The summed E-state index contributed by atoms with van der Waals surface area (Å²) < 4.78 is 0. The second kappa shape index (κ2) is 10.4. The number of hydrogen-bond acceptors (Lipinski definition) is 3. The molecule has 0 spiro atoms. The van der Waals surface area contributed by atoms with E-state index in [2.05, 4.69) is 21.2 Å². The summed E-state index contributed by atoms with van der Waals surface area (Å²) in [5.41, 5.74) is 6.22. The molecule has 2 aliphatic rings. The molecule has 4 nitrogen and oxygen atoms in total. The molecule has 0 radical (unpaired) electrons. The van der Waals surface area contributed by atoms with Gasteiger partial charge in [-0.2, -0.15) is 5.10 Å². The second-order valence-electron chi connectivity index (χ2n) is 8.09. The monoisotopic (exact) mass is 494 g/mol. The average molecular weight is 496 g/mol. The number of thiocarbonyl (C=S) groups is 1. The summed E-state index contributed by atoms with van der Waals surface area (Å²) in [6.07, 6.45) is 6.81. The van der Waals surface area contributed by atoms with E-state index >= 15 is 0 Å². The minimum atomic E-state index is -0.252. The number of nitrogens with one attached hydrogen (secondary N) is 3. The van der Waals surface area contributed by atoms with E-state index in [1.807, 2.05) is 36.4 Å². The Bertz CT molecular complexity index is 958. The topological polar surface area (TPSA) is 48.5 Å². The largest absolute Gasteiger partial charge is 0.360 e. The maximum absolute atomic E-state index is 6.57. The number of hydrogen-bond donors (Lipinski definition) is 3. The maximum Gasteiger partial charge on any atom is 0.167 e. The Balaban J connectivity index is 1.52. The predicted molar refractivity (Wildman–Crippen MR) is 134 cm³/mol. The molecule has 4 rings (SSSR count). The van der Waals surface area contributed by atoms with Gasteiger partial charge in [0.1, 0.15) is 0 Å². The fourth-order valence-electron chi connectivity index (χ4n) is 4.21. The quantitative estimate of drug-likeness (QED) is 0.410. The first kappa shape index (κ1) is 22.7. The number of nitrogens with zero attached hydrogens (tertiary/aromatic N) is 1. The van der Waals surface area contributed by atoms with E-state index < -0.39 is 0 Å². The standard InChI is InChI=1S/C23H25Cl3N4S/c24-15-8-6-14(7-9-15)20-13-21(30-29-20)22(18-11-10-16(25)12-19(18)26)28-23(31)27-17-4-2-1-3-5-17/h6-12,17,20,22,29H,1-5,13H2,(H2,27,28,31). The molecular formula is C23H25Cl3N4S. The number of benzene rings is 2. The van der Waals surface area contributed by atoms with Gasteiger partial charge in [-0.3, -0.25) is 0 Å². The summed E-state index contributed by atoms with van der Waals surface area (Å²) >= 11 is 24.4. The third-order valence-electron chi connectivity index (χ3n) is 5.87. The summed E-state index contributed by atoms with van der Waals surface area (Å²) in [5, 5.41) is 14.1. The van der Waals surface area contributed by atoms with Crippen LogP contribution in [0.5, 0.6) is 0 Å². The van der Waals surface area contributed by atoms with E-state index in [0.29, 0.717) is 21.2 Å². The smallest absolute Gasteiger partial charge is 0.167 e. The zero-order valence-electron chi connectivity index (χ0n) is 17.0. The Morgan fingerprint density at radius 3 is 2.42 bits per heavy atom. The summed E-state index contributed by atoms with van der Waals surface area (Å²) in [4.78, 5) is 0. The van der Waals surface area contributed by atoms with Gasteiger partial charge in [-0.05, 0) is 60.5 Å². The van der Waals surface area contributed by atoms with Gasteiger partial charge < -0.3 is 16.1 Å². The third kappa shape index (κ3) is 5.83. The van der Waals surface area contributed by atoms with E-state index in [1.54, 1.807) is 6.07 Å². The van der Waals surface area contributed by atoms with Crippen molar-refractivity contribution in [2.24, 2.45) is 5.10 Å². The van der Waals surface area contributed by atoms with Gasteiger partial charge in [0.2, 0.25) is 0 Å². The summed E-state index contributed by atoms with van der Waals surface area (Å²) in [7, 11) is 0. The van der Waals surface area contributed by atoms with Crippen LogP contribution in [0, 0.1) is 0 Å². The minimum absolute atomic E-state index is 0.0718. The molecule has 8 heteroatoms. The highest BCUT2D eigenvalue weighted by Crippen LogP contribution is 2.32. The molecule has 2 aromatic carbocycles. The first-order valence-electron chi connectivity index (χ1n) is 10.6. The normalized spacial score (nSPS) is 20.0. The van der Waals surface area contributed by atoms with Crippen molar-refractivity contribution in [3.8, 4) is 0 Å². The molecule has 0 amide bonds. The predicted octanol–water partition coefficient (Wildman–Crippen LogP) is 6.58. The van der Waals surface area contributed by atoms with Crippen LogP contribution in [0.25, 0.3) is 0 Å². The lowest BCUT2D eigenvalue weighted by molar-refractivity contribution is 0.411. The Kier molecular flexibility index (Phi) is 7.59. The van der Waals surface area contributed by atoms with Crippen LogP contribution in [-0.2, 0) is 0 Å². The van der Waals surface area contributed by atoms with Crippen LogP contribution >= 0.6 is 47.0 Å². The molecule has 164 valence electrons. The maximum atomic E-state index is 6.57. The Morgan fingerprint density at radius 1 is 1.00 bits per heavy atom. The van der Waals surface area contributed by atoms with Crippen molar-refractivity contribution in [1.29, 1.82) is 0 Å². The van der Waals surface area contributed by atoms with E-state index in [1.165, 1.54) is 19.3 Å². The summed E-state index contributed by atoms with van der Waals surface area (Å²) in [5.74, 6) is 0. The van der Waals surface area contributed by atoms with Crippen molar-refractivity contribution < 1.29 is 0 Å². The molecule has 0 aromatic heterocycles. The van der Waals surface area contributed by atoms with E-state index in [-0.39, 0.29) is 12.1 Å². The second-order valence-corrected chi connectivity index (χ2v) is 9.78. The SMILES string of the molecule is S=C(NC1CCCCC1)NC(C1=NNC(c2ccc(Cl)cc2)C1)c1ccc(Cl)cc1Cl.